The number of benzene rings is 2. The summed E-state index contributed by atoms with van der Waals surface area (Å²) in [6, 6.07) is 7.76. The minimum absolute atomic E-state index is 0.0994. The molecule has 1 aliphatic heterocycles. The van der Waals surface area contributed by atoms with Crippen molar-refractivity contribution in [1.29, 1.82) is 0 Å². The zero-order valence-corrected chi connectivity index (χ0v) is 18.7. The number of nitro groups is 1. The summed E-state index contributed by atoms with van der Waals surface area (Å²) < 4.78 is 49.6. The number of nitrogens with zero attached hydrogens (tertiary/aromatic N) is 3. The van der Waals surface area contributed by atoms with Gasteiger partial charge in [0.2, 0.25) is 5.91 Å². The average molecular weight is 479 g/mol. The molecule has 0 atom stereocenters. The van der Waals surface area contributed by atoms with Crippen LogP contribution in [-0.4, -0.2) is 55.6 Å². The molecular formula is C23H24F3N3O5. The van der Waals surface area contributed by atoms with Gasteiger partial charge in [-0.15, -0.1) is 0 Å². The Balaban J connectivity index is 1.66. The van der Waals surface area contributed by atoms with E-state index in [9.17, 15) is 28.1 Å². The molecule has 0 radical (unpaired) electrons. The number of piperazine rings is 1. The second-order valence-corrected chi connectivity index (χ2v) is 7.45. The predicted octanol–water partition coefficient (Wildman–Crippen LogP) is 4.38. The van der Waals surface area contributed by atoms with Gasteiger partial charge in [-0.2, -0.15) is 13.2 Å². The van der Waals surface area contributed by atoms with Crippen LogP contribution in [0.4, 0.5) is 24.5 Å². The van der Waals surface area contributed by atoms with Crippen LogP contribution in [0.3, 0.4) is 0 Å². The van der Waals surface area contributed by atoms with Crippen LogP contribution in [0.1, 0.15) is 18.1 Å². The Labute approximate surface area is 194 Å². The summed E-state index contributed by atoms with van der Waals surface area (Å²) in [5.41, 5.74) is -0.842. The van der Waals surface area contributed by atoms with E-state index in [4.69, 9.17) is 9.47 Å². The molecule has 1 aliphatic rings. The van der Waals surface area contributed by atoms with Crippen molar-refractivity contribution < 1.29 is 32.4 Å². The van der Waals surface area contributed by atoms with Crippen molar-refractivity contribution in [3.05, 3.63) is 63.7 Å². The van der Waals surface area contributed by atoms with Gasteiger partial charge in [0, 0.05) is 38.3 Å². The van der Waals surface area contributed by atoms with Crippen molar-refractivity contribution in [3.8, 4) is 11.5 Å². The van der Waals surface area contributed by atoms with Gasteiger partial charge in [-0.3, -0.25) is 14.9 Å². The molecule has 1 fully saturated rings. The van der Waals surface area contributed by atoms with Gasteiger partial charge in [0.05, 0.1) is 24.2 Å². The van der Waals surface area contributed by atoms with Crippen LogP contribution in [-0.2, 0) is 11.0 Å². The van der Waals surface area contributed by atoms with Crippen LogP contribution in [0.2, 0.25) is 0 Å². The van der Waals surface area contributed by atoms with E-state index in [-0.39, 0.29) is 37.8 Å². The zero-order chi connectivity index (χ0) is 24.9. The first-order valence-corrected chi connectivity index (χ1v) is 10.5. The van der Waals surface area contributed by atoms with E-state index >= 15 is 0 Å². The number of ether oxygens (including phenoxy) is 2. The summed E-state index contributed by atoms with van der Waals surface area (Å²) in [6.07, 6.45) is -1.60. The second-order valence-electron chi connectivity index (χ2n) is 7.45. The summed E-state index contributed by atoms with van der Waals surface area (Å²) in [5.74, 6) is 0.903. The van der Waals surface area contributed by atoms with Gasteiger partial charge in [-0.25, -0.2) is 0 Å². The highest BCUT2D eigenvalue weighted by Crippen LogP contribution is 2.36. The van der Waals surface area contributed by atoms with Crippen LogP contribution in [0, 0.1) is 10.1 Å². The minimum Gasteiger partial charge on any atom is -0.493 e. The molecule has 34 heavy (non-hydrogen) atoms. The van der Waals surface area contributed by atoms with Gasteiger partial charge in [0.15, 0.2) is 11.5 Å². The zero-order valence-electron chi connectivity index (χ0n) is 18.7. The minimum atomic E-state index is -4.67. The molecule has 1 saturated heterocycles. The third-order valence-corrected chi connectivity index (χ3v) is 5.34. The highest BCUT2D eigenvalue weighted by molar-refractivity contribution is 5.92. The third-order valence-electron chi connectivity index (χ3n) is 5.34. The largest absolute Gasteiger partial charge is 0.493 e. The average Bonchev–Trinajstić information content (AvgIpc) is 2.82. The molecule has 2 aromatic rings. The van der Waals surface area contributed by atoms with E-state index in [0.717, 1.165) is 17.7 Å². The maximum absolute atomic E-state index is 12.9. The lowest BCUT2D eigenvalue weighted by molar-refractivity contribution is -0.384. The van der Waals surface area contributed by atoms with Gasteiger partial charge in [-0.1, -0.05) is 6.07 Å². The summed E-state index contributed by atoms with van der Waals surface area (Å²) in [4.78, 5) is 26.3. The number of anilines is 1. The molecule has 0 spiro atoms. The number of methoxy groups -OCH3 is 1. The molecule has 0 unspecified atom stereocenters. The standard InChI is InChI=1S/C23H24F3N3O5/c1-3-34-21-14-16(4-8-20(21)33-2)5-9-22(30)28-12-10-27(11-13-28)18-7-6-17(23(24,25)26)15-19(18)29(31)32/h4-9,14-15H,3,10-13H2,1-2H3/b9-5+. The van der Waals surface area contributed by atoms with E-state index in [1.165, 1.54) is 13.2 Å². The summed E-state index contributed by atoms with van der Waals surface area (Å²) in [6.45, 7) is 3.36. The fourth-order valence-corrected chi connectivity index (χ4v) is 3.62. The van der Waals surface area contributed by atoms with Gasteiger partial charge in [-0.05, 0) is 42.8 Å². The third kappa shape index (κ3) is 5.77. The monoisotopic (exact) mass is 479 g/mol. The lowest BCUT2D eigenvalue weighted by Gasteiger charge is -2.35. The molecule has 0 aliphatic carbocycles. The lowest BCUT2D eigenvalue weighted by Crippen LogP contribution is -2.48. The molecule has 3 rings (SSSR count). The van der Waals surface area contributed by atoms with Gasteiger partial charge in [0.1, 0.15) is 5.69 Å². The van der Waals surface area contributed by atoms with Crippen molar-refractivity contribution in [3.63, 3.8) is 0 Å². The molecule has 182 valence electrons. The first-order valence-electron chi connectivity index (χ1n) is 10.5. The number of nitro benzene ring substituents is 1. The van der Waals surface area contributed by atoms with Crippen molar-refractivity contribution >= 4 is 23.4 Å². The fourth-order valence-electron chi connectivity index (χ4n) is 3.62. The van der Waals surface area contributed by atoms with Crippen LogP contribution in [0.15, 0.2) is 42.5 Å². The molecule has 0 N–H and O–H groups in total. The Morgan fingerprint density at radius 1 is 1.12 bits per heavy atom. The van der Waals surface area contributed by atoms with E-state index in [2.05, 4.69) is 0 Å². The quantitative estimate of drug-likeness (QED) is 0.333. The lowest BCUT2D eigenvalue weighted by atomic mass is 10.1. The van der Waals surface area contributed by atoms with E-state index in [0.29, 0.717) is 24.2 Å². The van der Waals surface area contributed by atoms with Crippen LogP contribution < -0.4 is 14.4 Å². The number of hydrogen-bond acceptors (Lipinski definition) is 6. The number of carbonyl (C=O) groups excluding carboxylic acids is 1. The Morgan fingerprint density at radius 3 is 2.41 bits per heavy atom. The van der Waals surface area contributed by atoms with Crippen molar-refractivity contribution in [2.75, 3.05) is 44.8 Å². The maximum Gasteiger partial charge on any atom is 0.416 e. The normalized spacial score (nSPS) is 14.4. The maximum atomic E-state index is 12.9. The number of alkyl halides is 3. The Morgan fingerprint density at radius 2 is 1.82 bits per heavy atom. The van der Waals surface area contributed by atoms with E-state index in [1.54, 1.807) is 34.1 Å². The van der Waals surface area contributed by atoms with Crippen molar-refractivity contribution in [2.24, 2.45) is 0 Å². The Kier molecular flexibility index (Phi) is 7.64. The first kappa shape index (κ1) is 24.9. The SMILES string of the molecule is CCOc1cc(/C=C/C(=O)N2CCN(c3ccc(C(F)(F)F)cc3[N+](=O)[O-])CC2)ccc1OC. The van der Waals surface area contributed by atoms with Crippen LogP contribution in [0.25, 0.3) is 6.08 Å². The molecule has 2 aromatic carbocycles. The Hall–Kier alpha value is -3.76. The molecule has 1 amide bonds. The van der Waals surface area contributed by atoms with Crippen molar-refractivity contribution in [2.45, 2.75) is 13.1 Å². The molecule has 11 heteroatoms. The highest BCUT2D eigenvalue weighted by atomic mass is 19.4. The number of hydrogen-bond donors (Lipinski definition) is 0. The topological polar surface area (TPSA) is 85.2 Å². The molecule has 0 bridgehead atoms. The fraction of sp³-hybridized carbons (Fsp3) is 0.348. The molecule has 0 aromatic heterocycles. The first-order chi connectivity index (χ1) is 16.1. The number of rotatable bonds is 7. The molecular weight excluding hydrogens is 455 g/mol. The van der Waals surface area contributed by atoms with Crippen molar-refractivity contribution in [1.82, 2.24) is 4.90 Å². The van der Waals surface area contributed by atoms with Crippen LogP contribution in [0.5, 0.6) is 11.5 Å². The molecule has 0 saturated carbocycles. The second kappa shape index (κ2) is 10.4. The van der Waals surface area contributed by atoms with Gasteiger partial charge in [0.25, 0.3) is 5.69 Å². The summed E-state index contributed by atoms with van der Waals surface area (Å²) in [7, 11) is 1.54. The predicted molar refractivity (Wildman–Crippen MR) is 120 cm³/mol. The summed E-state index contributed by atoms with van der Waals surface area (Å²) >= 11 is 0. The van der Waals surface area contributed by atoms with Crippen LogP contribution >= 0.6 is 0 Å². The van der Waals surface area contributed by atoms with E-state index in [1.807, 2.05) is 6.92 Å². The van der Waals surface area contributed by atoms with E-state index < -0.39 is 22.4 Å². The number of halogens is 3. The molecule has 1 heterocycles. The highest BCUT2D eigenvalue weighted by Gasteiger charge is 2.34. The van der Waals surface area contributed by atoms with Gasteiger partial charge < -0.3 is 19.3 Å². The Bertz CT molecular complexity index is 1080. The number of carbonyl (C=O) groups is 1. The van der Waals surface area contributed by atoms with Gasteiger partial charge >= 0.3 is 6.18 Å². The number of amides is 1. The summed E-state index contributed by atoms with van der Waals surface area (Å²) in [5, 5.41) is 11.4. The smallest absolute Gasteiger partial charge is 0.416 e. The molecule has 8 nitrogen and oxygen atoms in total.